The second-order valence-corrected chi connectivity index (χ2v) is 6.73. The summed E-state index contributed by atoms with van der Waals surface area (Å²) in [6.07, 6.45) is 0.814. The van der Waals surface area contributed by atoms with Crippen molar-refractivity contribution >= 4 is 5.91 Å². The van der Waals surface area contributed by atoms with Crippen molar-refractivity contribution in [3.8, 4) is 0 Å². The fourth-order valence-corrected chi connectivity index (χ4v) is 2.44. The van der Waals surface area contributed by atoms with Gasteiger partial charge in [-0.1, -0.05) is 51.1 Å². The highest BCUT2D eigenvalue weighted by Gasteiger charge is 2.28. The maximum Gasteiger partial charge on any atom is 0.227 e. The molecule has 112 valence electrons. The number of hydrogen-bond donors (Lipinski definition) is 1. The van der Waals surface area contributed by atoms with Crippen molar-refractivity contribution in [1.82, 2.24) is 4.90 Å². The lowest BCUT2D eigenvalue weighted by atomic mass is 9.84. The van der Waals surface area contributed by atoms with Gasteiger partial charge in [-0.25, -0.2) is 0 Å². The topological polar surface area (TPSA) is 46.3 Å². The molecule has 0 spiro atoms. The molecular weight excluding hydrogens is 248 g/mol. The van der Waals surface area contributed by atoms with E-state index in [4.69, 9.17) is 5.73 Å². The van der Waals surface area contributed by atoms with Crippen molar-refractivity contribution in [2.24, 2.45) is 17.1 Å². The van der Waals surface area contributed by atoms with Crippen molar-refractivity contribution in [3.63, 3.8) is 0 Å². The third kappa shape index (κ3) is 4.64. The average Bonchev–Trinajstić information content (AvgIpc) is 2.42. The van der Waals surface area contributed by atoms with Gasteiger partial charge in [0.15, 0.2) is 0 Å². The van der Waals surface area contributed by atoms with Crippen LogP contribution in [-0.4, -0.2) is 24.4 Å². The molecule has 2 unspecified atom stereocenters. The summed E-state index contributed by atoms with van der Waals surface area (Å²) in [5, 5.41) is 0. The molecule has 20 heavy (non-hydrogen) atoms. The highest BCUT2D eigenvalue weighted by molar-refractivity contribution is 5.79. The minimum atomic E-state index is -0.105. The third-order valence-electron chi connectivity index (χ3n) is 3.70. The molecule has 0 heterocycles. The Balaban J connectivity index is 2.79. The van der Waals surface area contributed by atoms with Gasteiger partial charge >= 0.3 is 0 Å². The van der Waals surface area contributed by atoms with Gasteiger partial charge in [-0.15, -0.1) is 0 Å². The quantitative estimate of drug-likeness (QED) is 0.897. The molecule has 0 aliphatic rings. The summed E-state index contributed by atoms with van der Waals surface area (Å²) >= 11 is 0. The summed E-state index contributed by atoms with van der Waals surface area (Å²) in [5.74, 6) is 0.0324. The van der Waals surface area contributed by atoms with Crippen molar-refractivity contribution < 1.29 is 4.79 Å². The fourth-order valence-electron chi connectivity index (χ4n) is 2.44. The van der Waals surface area contributed by atoms with E-state index in [9.17, 15) is 4.79 Å². The molecule has 3 nitrogen and oxygen atoms in total. The highest BCUT2D eigenvalue weighted by Crippen LogP contribution is 2.27. The van der Waals surface area contributed by atoms with Crippen LogP contribution in [0.5, 0.6) is 0 Å². The summed E-state index contributed by atoms with van der Waals surface area (Å²) < 4.78 is 0. The molecule has 1 aromatic rings. The van der Waals surface area contributed by atoms with Crippen LogP contribution >= 0.6 is 0 Å². The largest absolute Gasteiger partial charge is 0.339 e. The van der Waals surface area contributed by atoms with E-state index in [0.29, 0.717) is 6.54 Å². The molecule has 2 atom stereocenters. The average molecular weight is 276 g/mol. The van der Waals surface area contributed by atoms with Crippen LogP contribution < -0.4 is 5.73 Å². The van der Waals surface area contributed by atoms with E-state index in [-0.39, 0.29) is 23.3 Å². The molecule has 0 aromatic heterocycles. The Labute approximate surface area is 123 Å². The first-order valence-electron chi connectivity index (χ1n) is 7.28. The van der Waals surface area contributed by atoms with E-state index in [0.717, 1.165) is 12.0 Å². The van der Waals surface area contributed by atoms with E-state index in [1.165, 1.54) is 0 Å². The molecule has 0 bridgehead atoms. The van der Waals surface area contributed by atoms with Crippen LogP contribution in [0.3, 0.4) is 0 Å². The van der Waals surface area contributed by atoms with Gasteiger partial charge in [0, 0.05) is 13.6 Å². The van der Waals surface area contributed by atoms with Gasteiger partial charge in [-0.2, -0.15) is 0 Å². The fraction of sp³-hybridized carbons (Fsp3) is 0.588. The lowest BCUT2D eigenvalue weighted by Gasteiger charge is -2.31. The number of amides is 1. The SMILES string of the molecule is CC(c1ccccc1)N(C)C(=O)C(CN)CC(C)(C)C. The van der Waals surface area contributed by atoms with Gasteiger partial charge in [-0.05, 0) is 24.3 Å². The number of rotatable bonds is 5. The summed E-state index contributed by atoms with van der Waals surface area (Å²) in [6, 6.07) is 10.2. The number of carbonyl (C=O) groups is 1. The molecule has 1 aromatic carbocycles. The van der Waals surface area contributed by atoms with Gasteiger partial charge in [0.05, 0.1) is 12.0 Å². The summed E-state index contributed by atoms with van der Waals surface area (Å²) in [6.45, 7) is 8.89. The van der Waals surface area contributed by atoms with Crippen LogP contribution in [0, 0.1) is 11.3 Å². The summed E-state index contributed by atoms with van der Waals surface area (Å²) in [7, 11) is 1.87. The first-order chi connectivity index (χ1) is 9.26. The van der Waals surface area contributed by atoms with E-state index >= 15 is 0 Å². The van der Waals surface area contributed by atoms with Crippen LogP contribution in [0.4, 0.5) is 0 Å². The van der Waals surface area contributed by atoms with Gasteiger partial charge in [-0.3, -0.25) is 4.79 Å². The lowest BCUT2D eigenvalue weighted by molar-refractivity contribution is -0.136. The first-order valence-corrected chi connectivity index (χ1v) is 7.28. The van der Waals surface area contributed by atoms with Gasteiger partial charge in [0.25, 0.3) is 0 Å². The van der Waals surface area contributed by atoms with Gasteiger partial charge in [0.1, 0.15) is 0 Å². The van der Waals surface area contributed by atoms with E-state index in [2.05, 4.69) is 39.8 Å². The van der Waals surface area contributed by atoms with Gasteiger partial charge < -0.3 is 10.6 Å². The second-order valence-electron chi connectivity index (χ2n) is 6.73. The summed E-state index contributed by atoms with van der Waals surface area (Å²) in [5.41, 5.74) is 7.07. The van der Waals surface area contributed by atoms with Crippen molar-refractivity contribution in [2.75, 3.05) is 13.6 Å². The number of nitrogens with zero attached hydrogens (tertiary/aromatic N) is 1. The normalized spacial score (nSPS) is 14.7. The maximum atomic E-state index is 12.6. The van der Waals surface area contributed by atoms with Crippen LogP contribution in [0.1, 0.15) is 45.7 Å². The molecule has 3 heteroatoms. The predicted molar refractivity (Wildman–Crippen MR) is 84.2 cm³/mol. The standard InChI is InChI=1S/C17H28N2O/c1-13(14-9-7-6-8-10-14)19(5)16(20)15(12-18)11-17(2,3)4/h6-10,13,15H,11-12,18H2,1-5H3. The first kappa shape index (κ1) is 16.7. The molecular formula is C17H28N2O. The van der Waals surface area contributed by atoms with Crippen LogP contribution in [-0.2, 0) is 4.79 Å². The van der Waals surface area contributed by atoms with Crippen LogP contribution in [0.2, 0.25) is 0 Å². The predicted octanol–water partition coefficient (Wildman–Crippen LogP) is 3.22. The van der Waals surface area contributed by atoms with E-state index in [1.54, 1.807) is 0 Å². The maximum absolute atomic E-state index is 12.6. The Morgan fingerprint density at radius 3 is 2.25 bits per heavy atom. The second kappa shape index (κ2) is 6.89. The van der Waals surface area contributed by atoms with Gasteiger partial charge in [0.2, 0.25) is 5.91 Å². The Bertz CT molecular complexity index is 422. The Hall–Kier alpha value is -1.35. The molecule has 0 saturated carbocycles. The summed E-state index contributed by atoms with van der Waals surface area (Å²) in [4.78, 5) is 14.4. The van der Waals surface area contributed by atoms with Crippen molar-refractivity contribution in [1.29, 1.82) is 0 Å². The Kier molecular flexibility index (Phi) is 5.75. The smallest absolute Gasteiger partial charge is 0.227 e. The Morgan fingerprint density at radius 1 is 1.25 bits per heavy atom. The molecule has 0 saturated heterocycles. The Morgan fingerprint density at radius 2 is 1.80 bits per heavy atom. The molecule has 0 radical (unpaired) electrons. The molecule has 0 fully saturated rings. The molecule has 0 aliphatic carbocycles. The minimum Gasteiger partial charge on any atom is -0.339 e. The lowest BCUT2D eigenvalue weighted by Crippen LogP contribution is -2.39. The zero-order valence-corrected chi connectivity index (χ0v) is 13.4. The molecule has 1 amide bonds. The number of benzene rings is 1. The van der Waals surface area contributed by atoms with Crippen LogP contribution in [0.25, 0.3) is 0 Å². The van der Waals surface area contributed by atoms with Crippen molar-refractivity contribution in [2.45, 2.75) is 40.2 Å². The molecule has 0 aliphatic heterocycles. The molecule has 2 N–H and O–H groups in total. The number of nitrogens with two attached hydrogens (primary N) is 1. The molecule has 1 rings (SSSR count). The third-order valence-corrected chi connectivity index (χ3v) is 3.70. The van der Waals surface area contributed by atoms with Crippen LogP contribution in [0.15, 0.2) is 30.3 Å². The minimum absolute atomic E-state index is 0.0673. The monoisotopic (exact) mass is 276 g/mol. The van der Waals surface area contributed by atoms with Crippen molar-refractivity contribution in [3.05, 3.63) is 35.9 Å². The van der Waals surface area contributed by atoms with E-state index in [1.807, 2.05) is 30.1 Å². The number of hydrogen-bond acceptors (Lipinski definition) is 2. The highest BCUT2D eigenvalue weighted by atomic mass is 16.2. The van der Waals surface area contributed by atoms with E-state index < -0.39 is 0 Å². The number of carbonyl (C=O) groups excluding carboxylic acids is 1. The zero-order valence-electron chi connectivity index (χ0n) is 13.4. The zero-order chi connectivity index (χ0) is 15.3.